The number of amides is 3. The molecule has 1 aromatic heterocycles. The van der Waals surface area contributed by atoms with Gasteiger partial charge in [-0.25, -0.2) is 9.69 Å². The molecule has 2 aromatic rings. The SMILES string of the molecule is CC(=O)N(C(=O)Nc1cccnc1)c1ccc(N)cc1. The molecule has 6 heteroatoms. The van der Waals surface area contributed by atoms with Crippen LogP contribution in [0.4, 0.5) is 21.9 Å². The first kappa shape index (κ1) is 13.5. The Morgan fingerprint density at radius 1 is 1.20 bits per heavy atom. The molecule has 102 valence electrons. The maximum absolute atomic E-state index is 12.2. The van der Waals surface area contributed by atoms with E-state index in [0.29, 0.717) is 17.1 Å². The molecular weight excluding hydrogens is 256 g/mol. The van der Waals surface area contributed by atoms with Gasteiger partial charge in [-0.3, -0.25) is 9.78 Å². The lowest BCUT2D eigenvalue weighted by Gasteiger charge is -2.19. The van der Waals surface area contributed by atoms with Crippen molar-refractivity contribution in [3.8, 4) is 0 Å². The highest BCUT2D eigenvalue weighted by Crippen LogP contribution is 2.18. The summed E-state index contributed by atoms with van der Waals surface area (Å²) in [6.45, 7) is 1.32. The minimum absolute atomic E-state index is 0.392. The number of aromatic nitrogens is 1. The van der Waals surface area contributed by atoms with Crippen molar-refractivity contribution in [3.63, 3.8) is 0 Å². The fourth-order valence-electron chi connectivity index (χ4n) is 1.68. The Hall–Kier alpha value is -2.89. The highest BCUT2D eigenvalue weighted by Gasteiger charge is 2.20. The maximum atomic E-state index is 12.2. The van der Waals surface area contributed by atoms with Gasteiger partial charge in [-0.15, -0.1) is 0 Å². The summed E-state index contributed by atoms with van der Waals surface area (Å²) in [5.41, 5.74) is 7.12. The van der Waals surface area contributed by atoms with Crippen molar-refractivity contribution in [2.45, 2.75) is 6.92 Å². The predicted octanol–water partition coefficient (Wildman–Crippen LogP) is 2.25. The van der Waals surface area contributed by atoms with Gasteiger partial charge >= 0.3 is 6.03 Å². The molecule has 0 saturated heterocycles. The smallest absolute Gasteiger partial charge is 0.333 e. The van der Waals surface area contributed by atoms with E-state index in [1.807, 2.05) is 0 Å². The van der Waals surface area contributed by atoms with E-state index in [1.54, 1.807) is 42.6 Å². The van der Waals surface area contributed by atoms with Gasteiger partial charge in [-0.2, -0.15) is 0 Å². The average Bonchev–Trinajstić information content (AvgIpc) is 2.42. The number of imide groups is 1. The zero-order valence-electron chi connectivity index (χ0n) is 10.9. The summed E-state index contributed by atoms with van der Waals surface area (Å²) in [6.07, 6.45) is 3.09. The molecule has 0 radical (unpaired) electrons. The third-order valence-corrected chi connectivity index (χ3v) is 2.58. The molecule has 1 heterocycles. The number of hydrogen-bond acceptors (Lipinski definition) is 4. The lowest BCUT2D eigenvalue weighted by atomic mass is 10.2. The van der Waals surface area contributed by atoms with Crippen LogP contribution in [0.25, 0.3) is 0 Å². The summed E-state index contributed by atoms with van der Waals surface area (Å²) in [6, 6.07) is 9.31. The van der Waals surface area contributed by atoms with Crippen molar-refractivity contribution < 1.29 is 9.59 Å². The van der Waals surface area contributed by atoms with Crippen molar-refractivity contribution in [2.24, 2.45) is 0 Å². The highest BCUT2D eigenvalue weighted by molar-refractivity contribution is 6.17. The number of anilines is 3. The maximum Gasteiger partial charge on any atom is 0.333 e. The lowest BCUT2D eigenvalue weighted by Crippen LogP contribution is -2.38. The van der Waals surface area contributed by atoms with Gasteiger partial charge in [0.25, 0.3) is 0 Å². The van der Waals surface area contributed by atoms with Gasteiger partial charge in [0, 0.05) is 18.8 Å². The number of rotatable bonds is 2. The molecule has 2 rings (SSSR count). The number of urea groups is 1. The van der Waals surface area contributed by atoms with Gasteiger partial charge in [-0.1, -0.05) is 0 Å². The third-order valence-electron chi connectivity index (χ3n) is 2.58. The fraction of sp³-hybridized carbons (Fsp3) is 0.0714. The summed E-state index contributed by atoms with van der Waals surface area (Å²) in [4.78, 5) is 28.8. The Morgan fingerprint density at radius 2 is 1.90 bits per heavy atom. The van der Waals surface area contributed by atoms with Crippen molar-refractivity contribution in [1.82, 2.24) is 4.98 Å². The molecule has 6 nitrogen and oxygen atoms in total. The van der Waals surface area contributed by atoms with E-state index in [1.165, 1.54) is 13.1 Å². The number of carbonyl (C=O) groups excluding carboxylic acids is 2. The molecule has 0 atom stereocenters. The molecule has 0 aliphatic rings. The van der Waals surface area contributed by atoms with Crippen LogP contribution < -0.4 is 16.0 Å². The third kappa shape index (κ3) is 3.11. The van der Waals surface area contributed by atoms with Gasteiger partial charge < -0.3 is 11.1 Å². The van der Waals surface area contributed by atoms with E-state index in [0.717, 1.165) is 4.90 Å². The second-order valence-corrected chi connectivity index (χ2v) is 4.12. The molecular formula is C14H14N4O2. The Labute approximate surface area is 116 Å². The average molecular weight is 270 g/mol. The molecule has 0 fully saturated rings. The van der Waals surface area contributed by atoms with E-state index in [2.05, 4.69) is 10.3 Å². The summed E-state index contributed by atoms with van der Waals surface area (Å²) in [5, 5.41) is 2.61. The van der Waals surface area contributed by atoms with Gasteiger partial charge in [-0.05, 0) is 36.4 Å². The van der Waals surface area contributed by atoms with Crippen LogP contribution in [-0.2, 0) is 4.79 Å². The summed E-state index contributed by atoms with van der Waals surface area (Å²) in [7, 11) is 0. The number of benzene rings is 1. The summed E-state index contributed by atoms with van der Waals surface area (Å²) in [5.74, 6) is -0.392. The quantitative estimate of drug-likeness (QED) is 0.819. The number of nitrogens with one attached hydrogen (secondary N) is 1. The second-order valence-electron chi connectivity index (χ2n) is 4.12. The molecule has 1 aromatic carbocycles. The minimum atomic E-state index is -0.546. The van der Waals surface area contributed by atoms with Crippen LogP contribution in [0.15, 0.2) is 48.8 Å². The molecule has 3 N–H and O–H groups in total. The molecule has 0 unspecified atom stereocenters. The summed E-state index contributed by atoms with van der Waals surface area (Å²) < 4.78 is 0. The Bertz CT molecular complexity index is 611. The van der Waals surface area contributed by atoms with Crippen LogP contribution in [0.2, 0.25) is 0 Å². The first-order chi connectivity index (χ1) is 9.58. The molecule has 0 saturated carbocycles. The van der Waals surface area contributed by atoms with Crippen LogP contribution in [-0.4, -0.2) is 16.9 Å². The number of nitrogens with zero attached hydrogens (tertiary/aromatic N) is 2. The topological polar surface area (TPSA) is 88.3 Å². The largest absolute Gasteiger partial charge is 0.399 e. The molecule has 0 aliphatic heterocycles. The normalized spacial score (nSPS) is 9.85. The Morgan fingerprint density at radius 3 is 2.45 bits per heavy atom. The zero-order chi connectivity index (χ0) is 14.5. The van der Waals surface area contributed by atoms with Crippen molar-refractivity contribution in [3.05, 3.63) is 48.8 Å². The number of pyridine rings is 1. The standard InChI is InChI=1S/C14H14N4O2/c1-10(19)18(13-6-4-11(15)5-7-13)14(20)17-12-3-2-8-16-9-12/h2-9H,15H2,1H3,(H,17,20). The molecule has 0 spiro atoms. The van der Waals surface area contributed by atoms with Crippen molar-refractivity contribution in [2.75, 3.05) is 16.0 Å². The van der Waals surface area contributed by atoms with Crippen LogP contribution >= 0.6 is 0 Å². The Kier molecular flexibility index (Phi) is 3.95. The number of hydrogen-bond donors (Lipinski definition) is 2. The molecule has 0 aliphatic carbocycles. The van der Waals surface area contributed by atoms with E-state index in [9.17, 15) is 9.59 Å². The van der Waals surface area contributed by atoms with Gasteiger partial charge in [0.15, 0.2) is 0 Å². The van der Waals surface area contributed by atoms with Crippen molar-refractivity contribution in [1.29, 1.82) is 0 Å². The number of nitrogen functional groups attached to an aromatic ring is 1. The predicted molar refractivity (Wildman–Crippen MR) is 77.3 cm³/mol. The van der Waals surface area contributed by atoms with Crippen LogP contribution in [0, 0.1) is 0 Å². The first-order valence-corrected chi connectivity index (χ1v) is 5.95. The summed E-state index contributed by atoms with van der Waals surface area (Å²) >= 11 is 0. The Balaban J connectivity index is 2.23. The molecule has 3 amide bonds. The fourth-order valence-corrected chi connectivity index (χ4v) is 1.68. The van der Waals surface area contributed by atoms with Crippen LogP contribution in [0.3, 0.4) is 0 Å². The molecule has 20 heavy (non-hydrogen) atoms. The zero-order valence-corrected chi connectivity index (χ0v) is 10.9. The lowest BCUT2D eigenvalue weighted by molar-refractivity contribution is -0.115. The van der Waals surface area contributed by atoms with E-state index < -0.39 is 11.9 Å². The van der Waals surface area contributed by atoms with Crippen LogP contribution in [0.5, 0.6) is 0 Å². The second kappa shape index (κ2) is 5.83. The van der Waals surface area contributed by atoms with Gasteiger partial charge in [0.1, 0.15) is 0 Å². The molecule has 0 bridgehead atoms. The van der Waals surface area contributed by atoms with E-state index in [4.69, 9.17) is 5.73 Å². The minimum Gasteiger partial charge on any atom is -0.399 e. The van der Waals surface area contributed by atoms with E-state index >= 15 is 0 Å². The monoisotopic (exact) mass is 270 g/mol. The first-order valence-electron chi connectivity index (χ1n) is 5.95. The van der Waals surface area contributed by atoms with E-state index in [-0.39, 0.29) is 0 Å². The van der Waals surface area contributed by atoms with Crippen molar-refractivity contribution >= 4 is 29.0 Å². The van der Waals surface area contributed by atoms with Crippen LogP contribution in [0.1, 0.15) is 6.92 Å². The number of carbonyl (C=O) groups is 2. The van der Waals surface area contributed by atoms with Gasteiger partial charge in [0.2, 0.25) is 5.91 Å². The number of nitrogens with two attached hydrogens (primary N) is 1. The highest BCUT2D eigenvalue weighted by atomic mass is 16.2. The van der Waals surface area contributed by atoms with Gasteiger partial charge in [0.05, 0.1) is 17.6 Å².